The zero-order valence-corrected chi connectivity index (χ0v) is 13.7. The van der Waals surface area contributed by atoms with Gasteiger partial charge in [-0.15, -0.1) is 0 Å². The van der Waals surface area contributed by atoms with E-state index in [9.17, 15) is 9.59 Å². The highest BCUT2D eigenvalue weighted by Crippen LogP contribution is 2.17. The molecule has 1 N–H and O–H groups in total. The number of rotatable bonds is 3. The molecule has 0 saturated carbocycles. The number of hydrogen-bond donors (Lipinski definition) is 1. The molecule has 2 aromatic carbocycles. The van der Waals surface area contributed by atoms with Crippen LogP contribution in [0.2, 0.25) is 0 Å². The number of hydrogen-bond acceptors (Lipinski definition) is 4. The normalized spacial score (nSPS) is 10.6. The number of aromatic nitrogens is 3. The summed E-state index contributed by atoms with van der Waals surface area (Å²) < 4.78 is 1.83. The van der Waals surface area contributed by atoms with Crippen molar-refractivity contribution in [3.8, 4) is 5.69 Å². The van der Waals surface area contributed by atoms with Crippen LogP contribution in [0.3, 0.4) is 0 Å². The number of pyridine rings is 1. The third-order valence-electron chi connectivity index (χ3n) is 3.98. The Hall–Kier alpha value is -3.80. The minimum absolute atomic E-state index is 0.0278. The first-order valence-electron chi connectivity index (χ1n) is 8.02. The van der Waals surface area contributed by atoms with E-state index in [1.807, 2.05) is 47.0 Å². The SMILES string of the molecule is O=C(Nc1ncccn1)c1cn(-c2ccccc2)c2ccccc2c1=O. The molecule has 0 fully saturated rings. The monoisotopic (exact) mass is 342 g/mol. The van der Waals surface area contributed by atoms with Gasteiger partial charge in [-0.25, -0.2) is 9.97 Å². The van der Waals surface area contributed by atoms with Crippen LogP contribution >= 0.6 is 0 Å². The molecule has 6 nitrogen and oxygen atoms in total. The second kappa shape index (κ2) is 6.60. The lowest BCUT2D eigenvalue weighted by Gasteiger charge is -2.13. The van der Waals surface area contributed by atoms with Crippen LogP contribution in [0.5, 0.6) is 0 Å². The van der Waals surface area contributed by atoms with Gasteiger partial charge in [-0.3, -0.25) is 14.9 Å². The quantitative estimate of drug-likeness (QED) is 0.621. The fourth-order valence-corrected chi connectivity index (χ4v) is 2.77. The lowest BCUT2D eigenvalue weighted by molar-refractivity contribution is 0.102. The molecule has 0 aliphatic heterocycles. The number of carbonyl (C=O) groups excluding carboxylic acids is 1. The van der Waals surface area contributed by atoms with Crippen molar-refractivity contribution in [2.75, 3.05) is 5.32 Å². The van der Waals surface area contributed by atoms with E-state index in [0.29, 0.717) is 5.39 Å². The van der Waals surface area contributed by atoms with Gasteiger partial charge in [0.2, 0.25) is 11.4 Å². The van der Waals surface area contributed by atoms with Crippen LogP contribution < -0.4 is 10.7 Å². The fourth-order valence-electron chi connectivity index (χ4n) is 2.77. The second-order valence-electron chi connectivity index (χ2n) is 5.62. The van der Waals surface area contributed by atoms with E-state index in [1.165, 1.54) is 12.4 Å². The first-order valence-corrected chi connectivity index (χ1v) is 8.02. The Balaban J connectivity index is 1.89. The Morgan fingerprint density at radius 1 is 0.885 bits per heavy atom. The van der Waals surface area contributed by atoms with Gasteiger partial charge in [0.15, 0.2) is 0 Å². The summed E-state index contributed by atoms with van der Waals surface area (Å²) in [5.74, 6) is -0.395. The highest BCUT2D eigenvalue weighted by atomic mass is 16.2. The highest BCUT2D eigenvalue weighted by Gasteiger charge is 2.16. The van der Waals surface area contributed by atoms with Crippen molar-refractivity contribution in [1.82, 2.24) is 14.5 Å². The molecule has 0 atom stereocenters. The molecule has 126 valence electrons. The molecule has 1 amide bonds. The Kier molecular flexibility index (Phi) is 3.99. The van der Waals surface area contributed by atoms with E-state index >= 15 is 0 Å². The number of para-hydroxylation sites is 2. The van der Waals surface area contributed by atoms with Gasteiger partial charge in [-0.2, -0.15) is 0 Å². The van der Waals surface area contributed by atoms with Crippen molar-refractivity contribution in [2.45, 2.75) is 0 Å². The van der Waals surface area contributed by atoms with Crippen LogP contribution in [0.25, 0.3) is 16.6 Å². The third kappa shape index (κ3) is 2.84. The minimum Gasteiger partial charge on any atom is -0.315 e. The van der Waals surface area contributed by atoms with Gasteiger partial charge in [0.25, 0.3) is 5.91 Å². The molecular weight excluding hydrogens is 328 g/mol. The van der Waals surface area contributed by atoms with Crippen molar-refractivity contribution >= 4 is 22.8 Å². The van der Waals surface area contributed by atoms with E-state index in [0.717, 1.165) is 11.2 Å². The predicted octanol–water partition coefficient (Wildman–Crippen LogP) is 3.03. The van der Waals surface area contributed by atoms with E-state index in [2.05, 4.69) is 15.3 Å². The standard InChI is InChI=1S/C20H14N4O2/c25-18-15-9-4-5-10-17(15)24(14-7-2-1-3-8-14)13-16(18)19(26)23-20-21-11-6-12-22-20/h1-13H,(H,21,22,23,26). The summed E-state index contributed by atoms with van der Waals surface area (Å²) in [4.78, 5) is 33.4. The summed E-state index contributed by atoms with van der Waals surface area (Å²) in [6.45, 7) is 0. The minimum atomic E-state index is -0.545. The molecule has 2 heterocycles. The van der Waals surface area contributed by atoms with E-state index in [-0.39, 0.29) is 16.9 Å². The molecule has 0 unspecified atom stereocenters. The van der Waals surface area contributed by atoms with E-state index < -0.39 is 5.91 Å². The van der Waals surface area contributed by atoms with Gasteiger partial charge >= 0.3 is 0 Å². The molecule has 26 heavy (non-hydrogen) atoms. The maximum atomic E-state index is 12.8. The zero-order chi connectivity index (χ0) is 17.9. The molecule has 0 aliphatic carbocycles. The van der Waals surface area contributed by atoms with Gasteiger partial charge in [-0.05, 0) is 30.3 Å². The van der Waals surface area contributed by atoms with Crippen molar-refractivity contribution in [1.29, 1.82) is 0 Å². The van der Waals surface area contributed by atoms with Crippen molar-refractivity contribution < 1.29 is 4.79 Å². The third-order valence-corrected chi connectivity index (χ3v) is 3.98. The van der Waals surface area contributed by atoms with Crippen LogP contribution in [-0.2, 0) is 0 Å². The summed E-state index contributed by atoms with van der Waals surface area (Å²) in [5.41, 5.74) is 1.28. The van der Waals surface area contributed by atoms with Crippen LogP contribution in [-0.4, -0.2) is 20.4 Å². The molecule has 0 spiro atoms. The smallest absolute Gasteiger partial charge is 0.263 e. The van der Waals surface area contributed by atoms with Crippen molar-refractivity contribution in [3.05, 3.63) is 95.0 Å². The summed E-state index contributed by atoms with van der Waals surface area (Å²) >= 11 is 0. The van der Waals surface area contributed by atoms with Crippen LogP contribution in [0, 0.1) is 0 Å². The molecule has 4 rings (SSSR count). The number of benzene rings is 2. The number of nitrogens with one attached hydrogen (secondary N) is 1. The predicted molar refractivity (Wildman–Crippen MR) is 99.5 cm³/mol. The molecule has 4 aromatic rings. The number of fused-ring (bicyclic) bond motifs is 1. The van der Waals surface area contributed by atoms with Gasteiger partial charge in [0, 0.05) is 29.7 Å². The largest absolute Gasteiger partial charge is 0.315 e. The first kappa shape index (κ1) is 15.7. The average molecular weight is 342 g/mol. The number of carbonyl (C=O) groups is 1. The Bertz CT molecular complexity index is 1140. The van der Waals surface area contributed by atoms with Gasteiger partial charge in [-0.1, -0.05) is 30.3 Å². The summed E-state index contributed by atoms with van der Waals surface area (Å²) in [6.07, 6.45) is 4.59. The Morgan fingerprint density at radius 2 is 1.58 bits per heavy atom. The molecule has 0 radical (unpaired) electrons. The number of amides is 1. The fraction of sp³-hybridized carbons (Fsp3) is 0. The lowest BCUT2D eigenvalue weighted by Crippen LogP contribution is -2.24. The van der Waals surface area contributed by atoms with Gasteiger partial charge in [0.1, 0.15) is 5.56 Å². The number of anilines is 1. The molecule has 2 aromatic heterocycles. The maximum Gasteiger partial charge on any atom is 0.263 e. The lowest BCUT2D eigenvalue weighted by atomic mass is 10.1. The van der Waals surface area contributed by atoms with Gasteiger partial charge in [0.05, 0.1) is 5.52 Å². The van der Waals surface area contributed by atoms with E-state index in [1.54, 1.807) is 24.4 Å². The molecule has 0 aliphatic rings. The summed E-state index contributed by atoms with van der Waals surface area (Å²) in [5, 5.41) is 3.04. The Labute approximate surface area is 148 Å². The number of nitrogens with zero attached hydrogens (tertiary/aromatic N) is 3. The van der Waals surface area contributed by atoms with Crippen LogP contribution in [0.15, 0.2) is 84.0 Å². The van der Waals surface area contributed by atoms with E-state index in [4.69, 9.17) is 0 Å². The molecule has 0 bridgehead atoms. The molecule has 0 saturated heterocycles. The average Bonchev–Trinajstić information content (AvgIpc) is 2.70. The Morgan fingerprint density at radius 3 is 2.35 bits per heavy atom. The van der Waals surface area contributed by atoms with Crippen molar-refractivity contribution in [3.63, 3.8) is 0 Å². The second-order valence-corrected chi connectivity index (χ2v) is 5.62. The maximum absolute atomic E-state index is 12.8. The molecule has 6 heteroatoms. The topological polar surface area (TPSA) is 76.9 Å². The van der Waals surface area contributed by atoms with Crippen LogP contribution in [0.4, 0.5) is 5.95 Å². The first-order chi connectivity index (χ1) is 12.7. The summed E-state index contributed by atoms with van der Waals surface area (Å²) in [6, 6.07) is 18.4. The van der Waals surface area contributed by atoms with Crippen molar-refractivity contribution in [2.24, 2.45) is 0 Å². The van der Waals surface area contributed by atoms with Crippen LogP contribution in [0.1, 0.15) is 10.4 Å². The highest BCUT2D eigenvalue weighted by molar-refractivity contribution is 6.05. The van der Waals surface area contributed by atoms with Gasteiger partial charge < -0.3 is 4.57 Å². The molecular formula is C20H14N4O2. The summed E-state index contributed by atoms with van der Waals surface area (Å²) in [7, 11) is 0. The zero-order valence-electron chi connectivity index (χ0n) is 13.7.